The SMILES string of the molecule is O=C(NCC(=O)N1C[C@@H](c2nccs2)C[C@H]1C(=O)O)c1ccc(Oc2ccc(F)cc2)cc1. The maximum absolute atomic E-state index is 13.0. The molecule has 4 rings (SSSR count). The van der Waals surface area contributed by atoms with Gasteiger partial charge in [-0.15, -0.1) is 11.3 Å². The number of aromatic nitrogens is 1. The summed E-state index contributed by atoms with van der Waals surface area (Å²) in [5, 5.41) is 14.7. The van der Waals surface area contributed by atoms with E-state index in [0.29, 0.717) is 17.1 Å². The fourth-order valence-corrected chi connectivity index (χ4v) is 4.38. The normalized spacial score (nSPS) is 17.5. The summed E-state index contributed by atoms with van der Waals surface area (Å²) in [6.07, 6.45) is 1.94. The third kappa shape index (κ3) is 5.35. The molecule has 0 unspecified atom stereocenters. The molecule has 0 aliphatic carbocycles. The van der Waals surface area contributed by atoms with E-state index in [0.717, 1.165) is 5.01 Å². The number of amides is 2. The zero-order valence-electron chi connectivity index (χ0n) is 17.3. The summed E-state index contributed by atoms with van der Waals surface area (Å²) in [7, 11) is 0. The van der Waals surface area contributed by atoms with Gasteiger partial charge in [-0.25, -0.2) is 14.2 Å². The van der Waals surface area contributed by atoms with E-state index in [1.54, 1.807) is 18.3 Å². The topological polar surface area (TPSA) is 109 Å². The van der Waals surface area contributed by atoms with Gasteiger partial charge in [0.2, 0.25) is 5.91 Å². The Bertz CT molecular complexity index is 1140. The van der Waals surface area contributed by atoms with Gasteiger partial charge in [-0.3, -0.25) is 9.59 Å². The summed E-state index contributed by atoms with van der Waals surface area (Å²) < 4.78 is 18.6. The molecular formula is C23H20FN3O5S. The smallest absolute Gasteiger partial charge is 0.326 e. The van der Waals surface area contributed by atoms with Gasteiger partial charge in [0.1, 0.15) is 23.4 Å². The van der Waals surface area contributed by atoms with Crippen molar-refractivity contribution in [3.05, 3.63) is 76.5 Å². The first-order valence-electron chi connectivity index (χ1n) is 10.1. The summed E-state index contributed by atoms with van der Waals surface area (Å²) in [4.78, 5) is 42.3. The van der Waals surface area contributed by atoms with Crippen molar-refractivity contribution in [2.24, 2.45) is 0 Å². The predicted molar refractivity (Wildman–Crippen MR) is 118 cm³/mol. The number of hydrogen-bond acceptors (Lipinski definition) is 6. The van der Waals surface area contributed by atoms with Gasteiger partial charge in [0, 0.05) is 29.6 Å². The van der Waals surface area contributed by atoms with E-state index in [1.807, 2.05) is 5.38 Å². The van der Waals surface area contributed by atoms with Crippen molar-refractivity contribution < 1.29 is 28.6 Å². The number of likely N-dealkylation sites (tertiary alicyclic amines) is 1. The fourth-order valence-electron chi connectivity index (χ4n) is 3.63. The van der Waals surface area contributed by atoms with Gasteiger partial charge >= 0.3 is 5.97 Å². The Morgan fingerprint density at radius 1 is 1.12 bits per heavy atom. The zero-order chi connectivity index (χ0) is 23.4. The van der Waals surface area contributed by atoms with Crippen molar-refractivity contribution in [1.82, 2.24) is 15.2 Å². The molecule has 10 heteroatoms. The van der Waals surface area contributed by atoms with Crippen LogP contribution in [0.25, 0.3) is 0 Å². The van der Waals surface area contributed by atoms with E-state index < -0.39 is 23.8 Å². The maximum atomic E-state index is 13.0. The molecular weight excluding hydrogens is 449 g/mol. The Morgan fingerprint density at radius 2 is 1.79 bits per heavy atom. The molecule has 8 nitrogen and oxygen atoms in total. The summed E-state index contributed by atoms with van der Waals surface area (Å²) in [6, 6.07) is 10.8. The highest BCUT2D eigenvalue weighted by Crippen LogP contribution is 2.33. The van der Waals surface area contributed by atoms with Gasteiger partial charge in [-0.05, 0) is 55.0 Å². The maximum Gasteiger partial charge on any atom is 0.326 e. The molecule has 2 aromatic carbocycles. The van der Waals surface area contributed by atoms with E-state index in [9.17, 15) is 23.9 Å². The Balaban J connectivity index is 1.33. The van der Waals surface area contributed by atoms with Crippen LogP contribution in [0, 0.1) is 5.82 Å². The molecule has 0 radical (unpaired) electrons. The van der Waals surface area contributed by atoms with Crippen LogP contribution in [0.1, 0.15) is 27.7 Å². The number of nitrogens with zero attached hydrogens (tertiary/aromatic N) is 2. The Labute approximate surface area is 192 Å². The van der Waals surface area contributed by atoms with Crippen molar-refractivity contribution in [2.75, 3.05) is 13.1 Å². The molecule has 2 heterocycles. The van der Waals surface area contributed by atoms with Crippen LogP contribution in [0.4, 0.5) is 4.39 Å². The molecule has 33 heavy (non-hydrogen) atoms. The molecule has 3 aromatic rings. The fraction of sp³-hybridized carbons (Fsp3) is 0.217. The highest BCUT2D eigenvalue weighted by atomic mass is 32.1. The average Bonchev–Trinajstić information content (AvgIpc) is 3.49. The number of carboxylic acid groups (broad SMARTS) is 1. The zero-order valence-corrected chi connectivity index (χ0v) is 18.1. The Morgan fingerprint density at radius 3 is 2.39 bits per heavy atom. The quantitative estimate of drug-likeness (QED) is 0.550. The summed E-state index contributed by atoms with van der Waals surface area (Å²) in [6.45, 7) is -0.0738. The minimum absolute atomic E-state index is 0.139. The van der Waals surface area contributed by atoms with Crippen LogP contribution >= 0.6 is 11.3 Å². The van der Waals surface area contributed by atoms with E-state index in [-0.39, 0.29) is 31.2 Å². The largest absolute Gasteiger partial charge is 0.480 e. The van der Waals surface area contributed by atoms with E-state index in [4.69, 9.17) is 4.74 Å². The standard InChI is InChI=1S/C23H20FN3O5S/c24-16-3-7-18(8-4-16)32-17-5-1-14(2-6-17)21(29)26-12-20(28)27-13-15(11-19(27)23(30)31)22-25-9-10-33-22/h1-10,15,19H,11-13H2,(H,26,29)(H,30,31)/t15-,19-/m0/s1. The van der Waals surface area contributed by atoms with Crippen molar-refractivity contribution in [2.45, 2.75) is 18.4 Å². The van der Waals surface area contributed by atoms with Crippen molar-refractivity contribution in [1.29, 1.82) is 0 Å². The number of carbonyl (C=O) groups excluding carboxylic acids is 2. The molecule has 0 bridgehead atoms. The van der Waals surface area contributed by atoms with Gasteiger partial charge in [0.15, 0.2) is 0 Å². The minimum atomic E-state index is -1.08. The lowest BCUT2D eigenvalue weighted by Gasteiger charge is -2.21. The molecule has 170 valence electrons. The van der Waals surface area contributed by atoms with Crippen molar-refractivity contribution in [3.8, 4) is 11.5 Å². The van der Waals surface area contributed by atoms with Crippen molar-refractivity contribution in [3.63, 3.8) is 0 Å². The first-order valence-corrected chi connectivity index (χ1v) is 11.0. The summed E-state index contributed by atoms with van der Waals surface area (Å²) in [5.74, 6) is -1.61. The molecule has 1 fully saturated rings. The number of nitrogens with one attached hydrogen (secondary N) is 1. The van der Waals surface area contributed by atoms with Crippen LogP contribution in [-0.2, 0) is 9.59 Å². The van der Waals surface area contributed by atoms with Gasteiger partial charge in [0.05, 0.1) is 11.6 Å². The van der Waals surface area contributed by atoms with Crippen LogP contribution in [0.2, 0.25) is 0 Å². The van der Waals surface area contributed by atoms with Crippen molar-refractivity contribution >= 4 is 29.1 Å². The minimum Gasteiger partial charge on any atom is -0.480 e. The van der Waals surface area contributed by atoms with Gasteiger partial charge in [0.25, 0.3) is 5.91 Å². The number of thiazole rings is 1. The van der Waals surface area contributed by atoms with Crippen LogP contribution in [0.5, 0.6) is 11.5 Å². The number of carbonyl (C=O) groups is 3. The molecule has 0 spiro atoms. The number of aliphatic carboxylic acids is 1. The second-order valence-electron chi connectivity index (χ2n) is 7.47. The number of hydrogen-bond donors (Lipinski definition) is 2. The molecule has 1 aliphatic rings. The highest BCUT2D eigenvalue weighted by molar-refractivity contribution is 7.09. The molecule has 0 saturated carbocycles. The predicted octanol–water partition coefficient (Wildman–Crippen LogP) is 3.27. The summed E-state index contributed by atoms with van der Waals surface area (Å²) in [5.41, 5.74) is 0.311. The Kier molecular flexibility index (Phi) is 6.64. The first kappa shape index (κ1) is 22.4. The molecule has 1 saturated heterocycles. The lowest BCUT2D eigenvalue weighted by Crippen LogP contribution is -2.45. The monoisotopic (exact) mass is 469 g/mol. The van der Waals surface area contributed by atoms with Crippen LogP contribution in [0.15, 0.2) is 60.1 Å². The van der Waals surface area contributed by atoms with Gasteiger partial charge < -0.3 is 20.1 Å². The number of benzene rings is 2. The van der Waals surface area contributed by atoms with Crippen LogP contribution < -0.4 is 10.1 Å². The average molecular weight is 469 g/mol. The summed E-state index contributed by atoms with van der Waals surface area (Å²) >= 11 is 1.43. The second-order valence-corrected chi connectivity index (χ2v) is 8.39. The van der Waals surface area contributed by atoms with Gasteiger partial charge in [-0.2, -0.15) is 0 Å². The molecule has 2 N–H and O–H groups in total. The van der Waals surface area contributed by atoms with E-state index in [1.165, 1.54) is 52.6 Å². The first-order chi connectivity index (χ1) is 15.9. The lowest BCUT2D eigenvalue weighted by molar-refractivity contribution is -0.147. The number of ether oxygens (including phenoxy) is 1. The second kappa shape index (κ2) is 9.78. The molecule has 2 amide bonds. The van der Waals surface area contributed by atoms with Crippen LogP contribution in [-0.4, -0.2) is 51.9 Å². The molecule has 1 aromatic heterocycles. The lowest BCUT2D eigenvalue weighted by atomic mass is 10.1. The van der Waals surface area contributed by atoms with E-state index in [2.05, 4.69) is 10.3 Å². The van der Waals surface area contributed by atoms with Crippen LogP contribution in [0.3, 0.4) is 0 Å². The number of carboxylic acids is 1. The number of halogens is 1. The molecule has 1 aliphatic heterocycles. The molecule has 2 atom stereocenters. The van der Waals surface area contributed by atoms with E-state index >= 15 is 0 Å². The third-order valence-corrected chi connectivity index (χ3v) is 6.21. The van der Waals surface area contributed by atoms with Gasteiger partial charge in [-0.1, -0.05) is 0 Å². The Hall–Kier alpha value is -3.79. The third-order valence-electron chi connectivity index (χ3n) is 5.27. The number of rotatable bonds is 7. The highest BCUT2D eigenvalue weighted by Gasteiger charge is 2.41.